The molecular formula is C18H23N3O3. The van der Waals surface area contributed by atoms with Crippen LogP contribution in [0.3, 0.4) is 0 Å². The fourth-order valence-electron chi connectivity index (χ4n) is 4.12. The summed E-state index contributed by atoms with van der Waals surface area (Å²) in [7, 11) is 0. The molecule has 0 amide bonds. The normalized spacial score (nSPS) is 27.5. The van der Waals surface area contributed by atoms with Crippen LogP contribution in [0.5, 0.6) is 0 Å². The Morgan fingerprint density at radius 2 is 2.42 bits per heavy atom. The summed E-state index contributed by atoms with van der Waals surface area (Å²) >= 11 is 0. The number of rotatable bonds is 4. The molecule has 0 unspecified atom stereocenters. The third-order valence-corrected chi connectivity index (χ3v) is 5.51. The van der Waals surface area contributed by atoms with Gasteiger partial charge >= 0.3 is 5.97 Å². The van der Waals surface area contributed by atoms with Crippen molar-refractivity contribution in [2.75, 3.05) is 32.8 Å². The van der Waals surface area contributed by atoms with E-state index in [-0.39, 0.29) is 5.92 Å². The average molecular weight is 329 g/mol. The Morgan fingerprint density at radius 3 is 3.21 bits per heavy atom. The van der Waals surface area contributed by atoms with Crippen LogP contribution in [0.2, 0.25) is 0 Å². The lowest BCUT2D eigenvalue weighted by molar-refractivity contribution is -0.159. The van der Waals surface area contributed by atoms with Gasteiger partial charge < -0.3 is 19.7 Å². The molecule has 2 saturated heterocycles. The molecule has 2 aromatic rings. The number of carboxylic acid groups (broad SMARTS) is 1. The highest BCUT2D eigenvalue weighted by Crippen LogP contribution is 2.41. The second-order valence-corrected chi connectivity index (χ2v) is 7.19. The summed E-state index contributed by atoms with van der Waals surface area (Å²) in [5, 5.41) is 9.70. The van der Waals surface area contributed by atoms with Gasteiger partial charge in [0.2, 0.25) is 0 Å². The van der Waals surface area contributed by atoms with Gasteiger partial charge in [0, 0.05) is 32.7 Å². The first-order chi connectivity index (χ1) is 11.6. The highest BCUT2D eigenvalue weighted by atomic mass is 16.5. The number of aliphatic carboxylic acids is 1. The molecule has 6 heteroatoms. The van der Waals surface area contributed by atoms with E-state index in [0.717, 1.165) is 42.8 Å². The van der Waals surface area contributed by atoms with E-state index >= 15 is 0 Å². The Bertz CT molecular complexity index is 772. The maximum absolute atomic E-state index is 11.8. The van der Waals surface area contributed by atoms with Gasteiger partial charge in [0.25, 0.3) is 0 Å². The molecule has 0 bridgehead atoms. The number of carboxylic acids is 1. The monoisotopic (exact) mass is 329 g/mol. The Hall–Kier alpha value is -1.92. The Kier molecular flexibility index (Phi) is 3.81. The summed E-state index contributed by atoms with van der Waals surface area (Å²) in [4.78, 5) is 22.1. The number of nitrogens with one attached hydrogen (secondary N) is 1. The van der Waals surface area contributed by atoms with E-state index in [1.807, 2.05) is 6.07 Å². The zero-order chi connectivity index (χ0) is 16.7. The quantitative estimate of drug-likeness (QED) is 0.895. The molecule has 2 atom stereocenters. The number of hydrogen-bond acceptors (Lipinski definition) is 4. The van der Waals surface area contributed by atoms with Crippen molar-refractivity contribution in [3.8, 4) is 0 Å². The van der Waals surface area contributed by atoms with E-state index in [1.54, 1.807) is 0 Å². The zero-order valence-corrected chi connectivity index (χ0v) is 13.9. The van der Waals surface area contributed by atoms with E-state index < -0.39 is 11.4 Å². The predicted molar refractivity (Wildman–Crippen MR) is 90.0 cm³/mol. The lowest BCUT2D eigenvalue weighted by Crippen LogP contribution is -2.46. The number of aryl methyl sites for hydroxylation is 1. The molecule has 1 aromatic carbocycles. The van der Waals surface area contributed by atoms with E-state index in [0.29, 0.717) is 19.8 Å². The molecule has 3 heterocycles. The summed E-state index contributed by atoms with van der Waals surface area (Å²) in [6.45, 7) is 5.33. The van der Waals surface area contributed by atoms with Crippen LogP contribution in [0, 0.1) is 18.3 Å². The molecule has 0 spiro atoms. The first kappa shape index (κ1) is 15.6. The minimum Gasteiger partial charge on any atom is -0.481 e. The molecule has 0 radical (unpaired) electrons. The Morgan fingerprint density at radius 1 is 1.54 bits per heavy atom. The van der Waals surface area contributed by atoms with Gasteiger partial charge in [-0.05, 0) is 37.0 Å². The predicted octanol–water partition coefficient (Wildman–Crippen LogP) is 1.84. The molecule has 0 saturated carbocycles. The van der Waals surface area contributed by atoms with Crippen LogP contribution in [0.1, 0.15) is 17.8 Å². The zero-order valence-electron chi connectivity index (χ0n) is 13.9. The number of benzene rings is 1. The van der Waals surface area contributed by atoms with Crippen molar-refractivity contribution in [1.29, 1.82) is 0 Å². The lowest BCUT2D eigenvalue weighted by atomic mass is 9.76. The molecule has 2 aliphatic heterocycles. The number of likely N-dealkylation sites (tertiary alicyclic amines) is 1. The van der Waals surface area contributed by atoms with Crippen LogP contribution in [0.4, 0.5) is 0 Å². The van der Waals surface area contributed by atoms with Crippen LogP contribution in [-0.2, 0) is 16.0 Å². The maximum Gasteiger partial charge on any atom is 0.313 e. The second kappa shape index (κ2) is 5.86. The summed E-state index contributed by atoms with van der Waals surface area (Å²) in [6, 6.07) is 6.20. The van der Waals surface area contributed by atoms with Gasteiger partial charge in [-0.3, -0.25) is 4.79 Å². The van der Waals surface area contributed by atoms with Gasteiger partial charge in [-0.2, -0.15) is 0 Å². The Balaban J connectivity index is 1.45. The summed E-state index contributed by atoms with van der Waals surface area (Å²) in [5.74, 6) is 0.446. The highest BCUT2D eigenvalue weighted by Gasteiger charge is 2.53. The third-order valence-electron chi connectivity index (χ3n) is 5.51. The molecule has 2 fully saturated rings. The first-order valence-electron chi connectivity index (χ1n) is 8.55. The molecule has 1 aromatic heterocycles. The molecule has 6 nitrogen and oxygen atoms in total. The topological polar surface area (TPSA) is 78.5 Å². The largest absolute Gasteiger partial charge is 0.481 e. The highest BCUT2D eigenvalue weighted by molar-refractivity contribution is 5.76. The number of H-pyrrole nitrogens is 1. The number of imidazole rings is 1. The van der Waals surface area contributed by atoms with Gasteiger partial charge in [0.15, 0.2) is 0 Å². The molecule has 128 valence electrons. The van der Waals surface area contributed by atoms with E-state index in [2.05, 4.69) is 33.9 Å². The van der Waals surface area contributed by atoms with Crippen molar-refractivity contribution >= 4 is 17.0 Å². The SMILES string of the molecule is Cc1ccc2nc(CCN3C[C@@H]4CCOC[C@]4(C(=O)O)C3)[nH]c2c1. The van der Waals surface area contributed by atoms with Crippen molar-refractivity contribution in [2.45, 2.75) is 19.8 Å². The smallest absolute Gasteiger partial charge is 0.313 e. The van der Waals surface area contributed by atoms with Crippen molar-refractivity contribution in [3.63, 3.8) is 0 Å². The molecule has 2 N–H and O–H groups in total. The number of nitrogens with zero attached hydrogens (tertiary/aromatic N) is 2. The fourth-order valence-corrected chi connectivity index (χ4v) is 4.12. The van der Waals surface area contributed by atoms with Crippen molar-refractivity contribution in [1.82, 2.24) is 14.9 Å². The summed E-state index contributed by atoms with van der Waals surface area (Å²) < 4.78 is 5.48. The summed E-state index contributed by atoms with van der Waals surface area (Å²) in [6.07, 6.45) is 1.64. The maximum atomic E-state index is 11.8. The van der Waals surface area contributed by atoms with Crippen LogP contribution < -0.4 is 0 Å². The Labute approximate surface area is 140 Å². The number of aromatic amines is 1. The van der Waals surface area contributed by atoms with Gasteiger partial charge in [0.1, 0.15) is 11.2 Å². The lowest BCUT2D eigenvalue weighted by Gasteiger charge is -2.34. The number of ether oxygens (including phenoxy) is 1. The molecule has 2 aliphatic rings. The number of carbonyl (C=O) groups is 1. The minimum atomic E-state index is -0.719. The molecule has 0 aliphatic carbocycles. The van der Waals surface area contributed by atoms with Crippen LogP contribution in [0.25, 0.3) is 11.0 Å². The number of fused-ring (bicyclic) bond motifs is 2. The van der Waals surface area contributed by atoms with Gasteiger partial charge in [0.05, 0.1) is 17.6 Å². The van der Waals surface area contributed by atoms with Crippen LogP contribution in [-0.4, -0.2) is 58.8 Å². The van der Waals surface area contributed by atoms with Gasteiger partial charge in [-0.1, -0.05) is 6.07 Å². The van der Waals surface area contributed by atoms with Crippen molar-refractivity contribution in [2.24, 2.45) is 11.3 Å². The average Bonchev–Trinajstić information content (AvgIpc) is 3.13. The van der Waals surface area contributed by atoms with E-state index in [1.165, 1.54) is 5.56 Å². The van der Waals surface area contributed by atoms with E-state index in [9.17, 15) is 9.90 Å². The molecular weight excluding hydrogens is 306 g/mol. The van der Waals surface area contributed by atoms with Crippen LogP contribution in [0.15, 0.2) is 18.2 Å². The summed E-state index contributed by atoms with van der Waals surface area (Å²) in [5.41, 5.74) is 2.55. The van der Waals surface area contributed by atoms with Crippen molar-refractivity contribution in [3.05, 3.63) is 29.6 Å². The number of hydrogen-bond donors (Lipinski definition) is 2. The third kappa shape index (κ3) is 2.59. The molecule has 4 rings (SSSR count). The van der Waals surface area contributed by atoms with Gasteiger partial charge in [-0.15, -0.1) is 0 Å². The second-order valence-electron chi connectivity index (χ2n) is 7.19. The number of aromatic nitrogens is 2. The first-order valence-corrected chi connectivity index (χ1v) is 8.55. The standard InChI is InChI=1S/C18H23N3O3/c1-12-2-3-14-15(8-12)20-16(19-14)4-6-21-9-13-5-7-24-11-18(13,10-21)17(22)23/h2-3,8,13H,4-7,9-11H2,1H3,(H,19,20)(H,22,23)/t13-,18+/m0/s1. The van der Waals surface area contributed by atoms with E-state index in [4.69, 9.17) is 4.74 Å². The minimum absolute atomic E-state index is 0.196. The van der Waals surface area contributed by atoms with Gasteiger partial charge in [-0.25, -0.2) is 4.98 Å². The van der Waals surface area contributed by atoms with Crippen LogP contribution >= 0.6 is 0 Å². The van der Waals surface area contributed by atoms with Crippen molar-refractivity contribution < 1.29 is 14.6 Å². The molecule has 24 heavy (non-hydrogen) atoms. The fraction of sp³-hybridized carbons (Fsp3) is 0.556.